The number of carboxylic acids is 1. The van der Waals surface area contributed by atoms with Crippen LogP contribution < -0.4 is 11.1 Å². The van der Waals surface area contributed by atoms with E-state index in [9.17, 15) is 9.59 Å². The van der Waals surface area contributed by atoms with E-state index in [2.05, 4.69) is 5.32 Å². The molecule has 2 rings (SSSR count). The van der Waals surface area contributed by atoms with E-state index in [1.165, 1.54) is 12.1 Å². The van der Waals surface area contributed by atoms with Gasteiger partial charge in [0.05, 0.1) is 5.56 Å². The molecule has 1 heterocycles. The molecule has 1 aliphatic rings. The van der Waals surface area contributed by atoms with E-state index in [0.29, 0.717) is 18.8 Å². The van der Waals surface area contributed by atoms with E-state index in [0.717, 1.165) is 6.42 Å². The molecule has 96 valence electrons. The van der Waals surface area contributed by atoms with Gasteiger partial charge in [-0.05, 0) is 24.6 Å². The molecular formula is C12H15N3O3. The van der Waals surface area contributed by atoms with Crippen molar-refractivity contribution in [2.24, 2.45) is 5.73 Å². The van der Waals surface area contributed by atoms with Gasteiger partial charge < -0.3 is 21.1 Å². The highest BCUT2D eigenvalue weighted by atomic mass is 16.4. The Morgan fingerprint density at radius 3 is 2.83 bits per heavy atom. The monoisotopic (exact) mass is 249 g/mol. The molecule has 1 aromatic carbocycles. The highest BCUT2D eigenvalue weighted by molar-refractivity contribution is 5.93. The Balaban J connectivity index is 2.03. The van der Waals surface area contributed by atoms with E-state index in [1.807, 2.05) is 0 Å². The molecule has 18 heavy (non-hydrogen) atoms. The van der Waals surface area contributed by atoms with Crippen LogP contribution in [0.2, 0.25) is 0 Å². The number of anilines is 1. The molecule has 0 spiro atoms. The molecule has 0 bridgehead atoms. The van der Waals surface area contributed by atoms with Crippen LogP contribution in [0.5, 0.6) is 0 Å². The number of amides is 2. The van der Waals surface area contributed by atoms with Crippen LogP contribution in [0.15, 0.2) is 24.3 Å². The zero-order valence-corrected chi connectivity index (χ0v) is 9.80. The first-order valence-electron chi connectivity index (χ1n) is 5.71. The fraction of sp³-hybridized carbons (Fsp3) is 0.333. The first-order chi connectivity index (χ1) is 8.56. The molecule has 0 saturated carbocycles. The number of hydrogen-bond donors (Lipinski definition) is 3. The summed E-state index contributed by atoms with van der Waals surface area (Å²) in [6.45, 7) is 1.16. The van der Waals surface area contributed by atoms with Gasteiger partial charge in [0.25, 0.3) is 0 Å². The minimum atomic E-state index is -1.02. The zero-order chi connectivity index (χ0) is 13.1. The van der Waals surface area contributed by atoms with Gasteiger partial charge in [0.15, 0.2) is 0 Å². The van der Waals surface area contributed by atoms with Crippen molar-refractivity contribution in [3.05, 3.63) is 29.8 Å². The molecule has 1 unspecified atom stereocenters. The molecule has 1 fully saturated rings. The predicted octanol–water partition coefficient (Wildman–Crippen LogP) is 0.950. The Labute approximate surface area is 104 Å². The first-order valence-corrected chi connectivity index (χ1v) is 5.71. The summed E-state index contributed by atoms with van der Waals surface area (Å²) in [5.74, 6) is -1.02. The number of urea groups is 1. The Morgan fingerprint density at radius 2 is 2.22 bits per heavy atom. The van der Waals surface area contributed by atoms with Crippen molar-refractivity contribution < 1.29 is 14.7 Å². The second kappa shape index (κ2) is 5.05. The Hall–Kier alpha value is -2.08. The number of likely N-dealkylation sites (tertiary alicyclic amines) is 1. The summed E-state index contributed by atoms with van der Waals surface area (Å²) in [5.41, 5.74) is 6.34. The summed E-state index contributed by atoms with van der Waals surface area (Å²) in [7, 11) is 0. The maximum Gasteiger partial charge on any atom is 0.335 e. The molecule has 4 N–H and O–H groups in total. The van der Waals surface area contributed by atoms with Gasteiger partial charge in [-0.2, -0.15) is 0 Å². The number of nitrogens with one attached hydrogen (secondary N) is 1. The molecule has 0 radical (unpaired) electrons. The quantitative estimate of drug-likeness (QED) is 0.727. The van der Waals surface area contributed by atoms with Crippen molar-refractivity contribution in [3.8, 4) is 0 Å². The lowest BCUT2D eigenvalue weighted by Gasteiger charge is -2.16. The summed E-state index contributed by atoms with van der Waals surface area (Å²) in [6, 6.07) is 5.93. The topological polar surface area (TPSA) is 95.7 Å². The Morgan fingerprint density at radius 1 is 1.44 bits per heavy atom. The number of nitrogens with zero attached hydrogens (tertiary/aromatic N) is 1. The van der Waals surface area contributed by atoms with Gasteiger partial charge in [0.2, 0.25) is 0 Å². The van der Waals surface area contributed by atoms with E-state index in [-0.39, 0.29) is 17.6 Å². The number of aromatic carboxylic acids is 1. The second-order valence-electron chi connectivity index (χ2n) is 4.31. The fourth-order valence-electron chi connectivity index (χ4n) is 1.90. The molecule has 0 aromatic heterocycles. The highest BCUT2D eigenvalue weighted by Gasteiger charge is 2.23. The van der Waals surface area contributed by atoms with Crippen LogP contribution in [0.4, 0.5) is 10.5 Å². The number of carboxylic acid groups (broad SMARTS) is 1. The minimum absolute atomic E-state index is 0.0288. The zero-order valence-electron chi connectivity index (χ0n) is 9.80. The van der Waals surface area contributed by atoms with Crippen LogP contribution in [-0.4, -0.2) is 41.1 Å². The van der Waals surface area contributed by atoms with Crippen LogP contribution >= 0.6 is 0 Å². The average Bonchev–Trinajstić information content (AvgIpc) is 2.76. The summed E-state index contributed by atoms with van der Waals surface area (Å²) >= 11 is 0. The van der Waals surface area contributed by atoms with Gasteiger partial charge in [-0.3, -0.25) is 0 Å². The summed E-state index contributed by atoms with van der Waals surface area (Å²) in [5, 5.41) is 11.5. The number of hydrogen-bond acceptors (Lipinski definition) is 3. The van der Waals surface area contributed by atoms with Crippen LogP contribution in [0.3, 0.4) is 0 Å². The fourth-order valence-corrected chi connectivity index (χ4v) is 1.90. The smallest absolute Gasteiger partial charge is 0.335 e. The molecule has 1 aliphatic heterocycles. The molecule has 6 nitrogen and oxygen atoms in total. The summed E-state index contributed by atoms with van der Waals surface area (Å²) < 4.78 is 0. The third-order valence-electron chi connectivity index (χ3n) is 2.87. The lowest BCUT2D eigenvalue weighted by molar-refractivity contribution is 0.0697. The maximum absolute atomic E-state index is 11.9. The second-order valence-corrected chi connectivity index (χ2v) is 4.31. The molecule has 2 amide bonds. The normalized spacial score (nSPS) is 18.7. The number of benzene rings is 1. The van der Waals surface area contributed by atoms with Crippen molar-refractivity contribution in [2.45, 2.75) is 12.5 Å². The molecule has 1 aromatic rings. The number of carbonyl (C=O) groups is 2. The van der Waals surface area contributed by atoms with Crippen LogP contribution in [0.25, 0.3) is 0 Å². The lowest BCUT2D eigenvalue weighted by atomic mass is 10.2. The summed E-state index contributed by atoms with van der Waals surface area (Å²) in [4.78, 5) is 24.3. The van der Waals surface area contributed by atoms with Gasteiger partial charge in [0.1, 0.15) is 0 Å². The first kappa shape index (κ1) is 12.4. The van der Waals surface area contributed by atoms with Gasteiger partial charge in [-0.25, -0.2) is 9.59 Å². The van der Waals surface area contributed by atoms with Gasteiger partial charge in [0, 0.05) is 24.8 Å². The summed E-state index contributed by atoms with van der Waals surface area (Å²) in [6.07, 6.45) is 0.794. The highest BCUT2D eigenvalue weighted by Crippen LogP contribution is 2.13. The minimum Gasteiger partial charge on any atom is -0.478 e. The van der Waals surface area contributed by atoms with Crippen molar-refractivity contribution in [3.63, 3.8) is 0 Å². The third kappa shape index (κ3) is 2.78. The molecule has 6 heteroatoms. The number of rotatable bonds is 2. The van der Waals surface area contributed by atoms with E-state index >= 15 is 0 Å². The van der Waals surface area contributed by atoms with Crippen molar-refractivity contribution in [1.82, 2.24) is 4.90 Å². The van der Waals surface area contributed by atoms with E-state index in [1.54, 1.807) is 17.0 Å². The standard InChI is InChI=1S/C12H15N3O3/c13-9-4-5-15(7-9)12(18)14-10-3-1-2-8(6-10)11(16)17/h1-3,6,9H,4-5,7,13H2,(H,14,18)(H,16,17). The van der Waals surface area contributed by atoms with Crippen molar-refractivity contribution in [2.75, 3.05) is 18.4 Å². The molecule has 0 aliphatic carbocycles. The molecule has 1 atom stereocenters. The number of carbonyl (C=O) groups excluding carboxylic acids is 1. The SMILES string of the molecule is NC1CCN(C(=O)Nc2cccc(C(=O)O)c2)C1. The van der Waals surface area contributed by atoms with E-state index < -0.39 is 5.97 Å². The Bertz CT molecular complexity index is 475. The predicted molar refractivity (Wildman–Crippen MR) is 66.6 cm³/mol. The molecular weight excluding hydrogens is 234 g/mol. The number of nitrogens with two attached hydrogens (primary N) is 1. The van der Waals surface area contributed by atoms with Crippen molar-refractivity contribution >= 4 is 17.7 Å². The van der Waals surface area contributed by atoms with Crippen LogP contribution in [0.1, 0.15) is 16.8 Å². The molecule has 1 saturated heterocycles. The lowest BCUT2D eigenvalue weighted by Crippen LogP contribution is -2.35. The maximum atomic E-state index is 11.9. The van der Waals surface area contributed by atoms with Crippen molar-refractivity contribution in [1.29, 1.82) is 0 Å². The largest absolute Gasteiger partial charge is 0.478 e. The third-order valence-corrected chi connectivity index (χ3v) is 2.87. The van der Waals surface area contributed by atoms with Crippen LogP contribution in [0, 0.1) is 0 Å². The van der Waals surface area contributed by atoms with Gasteiger partial charge in [-0.1, -0.05) is 6.07 Å². The van der Waals surface area contributed by atoms with Crippen LogP contribution in [-0.2, 0) is 0 Å². The van der Waals surface area contributed by atoms with Gasteiger partial charge >= 0.3 is 12.0 Å². The Kier molecular flexibility index (Phi) is 3.47. The average molecular weight is 249 g/mol. The van der Waals surface area contributed by atoms with E-state index in [4.69, 9.17) is 10.8 Å². The van der Waals surface area contributed by atoms with Gasteiger partial charge in [-0.15, -0.1) is 0 Å².